The monoisotopic (exact) mass is 192 g/mol. The van der Waals surface area contributed by atoms with Gasteiger partial charge in [0.1, 0.15) is 11.6 Å². The van der Waals surface area contributed by atoms with Crippen LogP contribution in [0.1, 0.15) is 5.69 Å². The van der Waals surface area contributed by atoms with Crippen LogP contribution in [-0.4, -0.2) is 15.3 Å². The summed E-state index contributed by atoms with van der Waals surface area (Å²) in [4.78, 5) is 0. The fourth-order valence-corrected chi connectivity index (χ4v) is 1.28. The molecule has 0 atom stereocenters. The molecule has 1 aromatic carbocycles. The lowest BCUT2D eigenvalue weighted by Gasteiger charge is -1.99. The summed E-state index contributed by atoms with van der Waals surface area (Å²) >= 11 is 0. The van der Waals surface area contributed by atoms with Crippen LogP contribution in [0.3, 0.4) is 0 Å². The van der Waals surface area contributed by atoms with Gasteiger partial charge in [-0.15, -0.1) is 0 Å². The number of aryl methyl sites for hydroxylation is 1. The topological polar surface area (TPSA) is 48.9 Å². The molecule has 0 fully saturated rings. The number of aromatic hydroxyl groups is 1. The molecule has 0 aliphatic carbocycles. The largest absolute Gasteiger partial charge is 0.507 e. The van der Waals surface area contributed by atoms with E-state index in [4.69, 9.17) is 0 Å². The maximum atomic E-state index is 12.7. The highest BCUT2D eigenvalue weighted by Gasteiger charge is 2.07. The summed E-state index contributed by atoms with van der Waals surface area (Å²) < 4.78 is 12.7. The zero-order valence-electron chi connectivity index (χ0n) is 7.58. The van der Waals surface area contributed by atoms with Crippen LogP contribution in [0.2, 0.25) is 0 Å². The normalized spacial score (nSPS) is 10.4. The average Bonchev–Trinajstić information content (AvgIpc) is 2.51. The summed E-state index contributed by atoms with van der Waals surface area (Å²) in [5, 5.41) is 16.2. The lowest BCUT2D eigenvalue weighted by Crippen LogP contribution is -1.81. The Morgan fingerprint density at radius 2 is 2.14 bits per heavy atom. The SMILES string of the molecule is Cc1cc(-c2ccc(F)cc2O)n[nH]1. The van der Waals surface area contributed by atoms with E-state index in [9.17, 15) is 9.50 Å². The number of hydrogen-bond acceptors (Lipinski definition) is 2. The van der Waals surface area contributed by atoms with E-state index >= 15 is 0 Å². The average molecular weight is 192 g/mol. The van der Waals surface area contributed by atoms with Crippen LogP contribution >= 0.6 is 0 Å². The number of aromatic amines is 1. The van der Waals surface area contributed by atoms with Crippen molar-refractivity contribution in [1.82, 2.24) is 10.2 Å². The molecule has 14 heavy (non-hydrogen) atoms. The lowest BCUT2D eigenvalue weighted by atomic mass is 10.1. The smallest absolute Gasteiger partial charge is 0.127 e. The van der Waals surface area contributed by atoms with Gasteiger partial charge in [-0.2, -0.15) is 5.10 Å². The standard InChI is InChI=1S/C10H9FN2O/c1-6-4-9(13-12-6)8-3-2-7(11)5-10(8)14/h2-5,14H,1H3,(H,12,13). The molecule has 0 amide bonds. The molecule has 0 aliphatic heterocycles. The van der Waals surface area contributed by atoms with Gasteiger partial charge in [0.25, 0.3) is 0 Å². The molecule has 0 bridgehead atoms. The van der Waals surface area contributed by atoms with Crippen molar-refractivity contribution in [2.24, 2.45) is 0 Å². The maximum absolute atomic E-state index is 12.7. The number of rotatable bonds is 1. The summed E-state index contributed by atoms with van der Waals surface area (Å²) in [7, 11) is 0. The number of hydrogen-bond donors (Lipinski definition) is 2. The van der Waals surface area contributed by atoms with Gasteiger partial charge in [0.15, 0.2) is 0 Å². The van der Waals surface area contributed by atoms with Crippen LogP contribution in [0.15, 0.2) is 24.3 Å². The van der Waals surface area contributed by atoms with E-state index in [1.54, 1.807) is 6.07 Å². The first-order valence-corrected chi connectivity index (χ1v) is 4.18. The van der Waals surface area contributed by atoms with E-state index in [0.29, 0.717) is 11.3 Å². The third kappa shape index (κ3) is 1.46. The zero-order chi connectivity index (χ0) is 10.1. The molecule has 3 nitrogen and oxygen atoms in total. The molecule has 0 spiro atoms. The summed E-state index contributed by atoms with van der Waals surface area (Å²) in [6.45, 7) is 1.86. The second-order valence-electron chi connectivity index (χ2n) is 3.10. The Morgan fingerprint density at radius 1 is 1.36 bits per heavy atom. The van der Waals surface area contributed by atoms with Gasteiger partial charge in [-0.1, -0.05) is 0 Å². The van der Waals surface area contributed by atoms with E-state index in [1.165, 1.54) is 12.1 Å². The van der Waals surface area contributed by atoms with Gasteiger partial charge in [-0.05, 0) is 25.1 Å². The highest BCUT2D eigenvalue weighted by atomic mass is 19.1. The number of nitrogens with one attached hydrogen (secondary N) is 1. The third-order valence-corrected chi connectivity index (χ3v) is 1.94. The molecule has 2 rings (SSSR count). The number of aromatic nitrogens is 2. The predicted octanol–water partition coefficient (Wildman–Crippen LogP) is 2.23. The molecule has 2 aromatic rings. The van der Waals surface area contributed by atoms with E-state index in [-0.39, 0.29) is 5.75 Å². The van der Waals surface area contributed by atoms with E-state index in [0.717, 1.165) is 11.8 Å². The molecule has 0 saturated heterocycles. The lowest BCUT2D eigenvalue weighted by molar-refractivity contribution is 0.471. The van der Waals surface area contributed by atoms with Crippen molar-refractivity contribution in [1.29, 1.82) is 0 Å². The first-order valence-electron chi connectivity index (χ1n) is 4.18. The minimum atomic E-state index is -0.460. The molecule has 0 radical (unpaired) electrons. The number of benzene rings is 1. The number of halogens is 1. The highest BCUT2D eigenvalue weighted by Crippen LogP contribution is 2.28. The van der Waals surface area contributed by atoms with Crippen molar-refractivity contribution in [3.8, 4) is 17.0 Å². The van der Waals surface area contributed by atoms with Crippen LogP contribution in [0.4, 0.5) is 4.39 Å². The van der Waals surface area contributed by atoms with Crippen molar-refractivity contribution < 1.29 is 9.50 Å². The summed E-state index contributed by atoms with van der Waals surface area (Å²) in [5.74, 6) is -0.560. The van der Waals surface area contributed by atoms with Gasteiger partial charge in [-0.25, -0.2) is 4.39 Å². The third-order valence-electron chi connectivity index (χ3n) is 1.94. The molecule has 72 valence electrons. The Labute approximate surface area is 80.2 Å². The van der Waals surface area contributed by atoms with Crippen LogP contribution in [0.5, 0.6) is 5.75 Å². The van der Waals surface area contributed by atoms with Gasteiger partial charge in [0.2, 0.25) is 0 Å². The fourth-order valence-electron chi connectivity index (χ4n) is 1.28. The fraction of sp³-hybridized carbons (Fsp3) is 0.100. The van der Waals surface area contributed by atoms with Crippen molar-refractivity contribution in [3.05, 3.63) is 35.8 Å². The van der Waals surface area contributed by atoms with Gasteiger partial charge in [0, 0.05) is 17.3 Å². The zero-order valence-corrected chi connectivity index (χ0v) is 7.58. The van der Waals surface area contributed by atoms with Crippen LogP contribution in [0.25, 0.3) is 11.3 Å². The summed E-state index contributed by atoms with van der Waals surface area (Å²) in [5.41, 5.74) is 2.03. The molecule has 0 aliphatic rings. The predicted molar refractivity (Wildman–Crippen MR) is 50.4 cm³/mol. The molecule has 0 saturated carbocycles. The van der Waals surface area contributed by atoms with Crippen molar-refractivity contribution in [2.75, 3.05) is 0 Å². The Balaban J connectivity index is 2.52. The molecular weight excluding hydrogens is 183 g/mol. The first-order chi connectivity index (χ1) is 6.66. The number of nitrogens with zero attached hydrogens (tertiary/aromatic N) is 1. The molecule has 1 aromatic heterocycles. The number of phenolic OH excluding ortho intramolecular Hbond substituents is 1. The quantitative estimate of drug-likeness (QED) is 0.727. The van der Waals surface area contributed by atoms with Crippen molar-refractivity contribution in [3.63, 3.8) is 0 Å². The van der Waals surface area contributed by atoms with Gasteiger partial charge >= 0.3 is 0 Å². The second-order valence-corrected chi connectivity index (χ2v) is 3.10. The van der Waals surface area contributed by atoms with Crippen LogP contribution in [-0.2, 0) is 0 Å². The molecule has 4 heteroatoms. The Bertz CT molecular complexity index is 465. The van der Waals surface area contributed by atoms with Gasteiger partial charge in [-0.3, -0.25) is 5.10 Å². The number of phenols is 1. The van der Waals surface area contributed by atoms with Crippen LogP contribution in [0, 0.1) is 12.7 Å². The van der Waals surface area contributed by atoms with Gasteiger partial charge in [0.05, 0.1) is 5.69 Å². The van der Waals surface area contributed by atoms with Crippen molar-refractivity contribution >= 4 is 0 Å². The maximum Gasteiger partial charge on any atom is 0.127 e. The van der Waals surface area contributed by atoms with E-state index in [2.05, 4.69) is 10.2 Å². The van der Waals surface area contributed by atoms with Gasteiger partial charge < -0.3 is 5.11 Å². The Morgan fingerprint density at radius 3 is 2.71 bits per heavy atom. The molecule has 1 heterocycles. The minimum Gasteiger partial charge on any atom is -0.507 e. The first kappa shape index (κ1) is 8.74. The minimum absolute atomic E-state index is 0.100. The summed E-state index contributed by atoms with van der Waals surface area (Å²) in [6.07, 6.45) is 0. The Hall–Kier alpha value is -1.84. The summed E-state index contributed by atoms with van der Waals surface area (Å²) in [6, 6.07) is 5.64. The molecule has 0 unspecified atom stereocenters. The van der Waals surface area contributed by atoms with E-state index < -0.39 is 5.82 Å². The van der Waals surface area contributed by atoms with Crippen molar-refractivity contribution in [2.45, 2.75) is 6.92 Å². The highest BCUT2D eigenvalue weighted by molar-refractivity contribution is 5.66. The Kier molecular flexibility index (Phi) is 1.96. The van der Waals surface area contributed by atoms with E-state index in [1.807, 2.05) is 6.92 Å². The van der Waals surface area contributed by atoms with Crippen LogP contribution < -0.4 is 0 Å². The molecular formula is C10H9FN2O. The molecule has 2 N–H and O–H groups in total. The second kappa shape index (κ2) is 3.14. The number of H-pyrrole nitrogens is 1.